The van der Waals surface area contributed by atoms with Crippen LogP contribution >= 0.6 is 0 Å². The van der Waals surface area contributed by atoms with Crippen LogP contribution in [0.5, 0.6) is 0 Å². The summed E-state index contributed by atoms with van der Waals surface area (Å²) >= 11 is 0. The first-order valence-corrected chi connectivity index (χ1v) is 6.33. The highest BCUT2D eigenvalue weighted by Gasteiger charge is 2.40. The average Bonchev–Trinajstić information content (AvgIpc) is 2.40. The summed E-state index contributed by atoms with van der Waals surface area (Å²) in [5.74, 6) is 0. The van der Waals surface area contributed by atoms with E-state index >= 15 is 0 Å². The van der Waals surface area contributed by atoms with Gasteiger partial charge in [0.05, 0.1) is 32.0 Å². The lowest BCUT2D eigenvalue weighted by molar-refractivity contribution is -0.149. The van der Waals surface area contributed by atoms with Crippen molar-refractivity contribution in [1.82, 2.24) is 0 Å². The molecule has 4 nitrogen and oxygen atoms in total. The Hall–Kier alpha value is -0.940. The molecular weight excluding hydrogens is 230 g/mol. The van der Waals surface area contributed by atoms with Gasteiger partial charge in [0.2, 0.25) is 0 Å². The summed E-state index contributed by atoms with van der Waals surface area (Å²) < 4.78 is 16.4. The van der Waals surface area contributed by atoms with E-state index in [0.29, 0.717) is 19.8 Å². The maximum Gasteiger partial charge on any atom is 0.0989 e. The standard InChI is InChI=1S/C14H21NO3/c1-16-7-8-17-14-12(15)9-13(14)18-10-11-5-3-2-4-6-11/h2-6,12-14H,7-10,15H2,1H3. The number of nitrogens with two attached hydrogens (primary N) is 1. The highest BCUT2D eigenvalue weighted by molar-refractivity contribution is 5.13. The highest BCUT2D eigenvalue weighted by Crippen LogP contribution is 2.26. The normalized spacial score (nSPS) is 26.9. The van der Waals surface area contributed by atoms with E-state index in [9.17, 15) is 0 Å². The lowest BCUT2D eigenvalue weighted by Gasteiger charge is -2.41. The SMILES string of the molecule is COCCOC1C(N)CC1OCc1ccccc1. The summed E-state index contributed by atoms with van der Waals surface area (Å²) in [5.41, 5.74) is 7.09. The number of methoxy groups -OCH3 is 1. The van der Waals surface area contributed by atoms with Crippen LogP contribution in [-0.2, 0) is 20.8 Å². The van der Waals surface area contributed by atoms with E-state index in [-0.39, 0.29) is 18.2 Å². The smallest absolute Gasteiger partial charge is 0.0989 e. The monoisotopic (exact) mass is 251 g/mol. The number of hydrogen-bond donors (Lipinski definition) is 1. The zero-order valence-electron chi connectivity index (χ0n) is 10.7. The topological polar surface area (TPSA) is 53.7 Å². The average molecular weight is 251 g/mol. The largest absolute Gasteiger partial charge is 0.382 e. The quantitative estimate of drug-likeness (QED) is 0.743. The summed E-state index contributed by atoms with van der Waals surface area (Å²) in [5, 5.41) is 0. The predicted octanol–water partition coefficient (Wildman–Crippen LogP) is 1.33. The Morgan fingerprint density at radius 3 is 2.61 bits per heavy atom. The first kappa shape index (κ1) is 13.5. The van der Waals surface area contributed by atoms with Crippen LogP contribution in [0.2, 0.25) is 0 Å². The molecule has 1 aliphatic carbocycles. The van der Waals surface area contributed by atoms with E-state index < -0.39 is 0 Å². The van der Waals surface area contributed by atoms with Crippen LogP contribution in [0.1, 0.15) is 12.0 Å². The molecule has 1 saturated carbocycles. The zero-order chi connectivity index (χ0) is 12.8. The molecule has 0 aromatic heterocycles. The van der Waals surface area contributed by atoms with Gasteiger partial charge in [-0.05, 0) is 12.0 Å². The van der Waals surface area contributed by atoms with Crippen LogP contribution in [0.3, 0.4) is 0 Å². The minimum absolute atomic E-state index is 0.00358. The molecule has 1 fully saturated rings. The van der Waals surface area contributed by atoms with Crippen LogP contribution in [0.25, 0.3) is 0 Å². The van der Waals surface area contributed by atoms with Crippen molar-refractivity contribution in [3.8, 4) is 0 Å². The van der Waals surface area contributed by atoms with Gasteiger partial charge in [0.25, 0.3) is 0 Å². The lowest BCUT2D eigenvalue weighted by atomic mass is 9.86. The van der Waals surface area contributed by atoms with E-state index in [1.165, 1.54) is 5.56 Å². The van der Waals surface area contributed by atoms with Crippen LogP contribution in [-0.4, -0.2) is 38.6 Å². The molecule has 0 amide bonds. The molecule has 0 radical (unpaired) electrons. The van der Waals surface area contributed by atoms with E-state index in [2.05, 4.69) is 12.1 Å². The molecule has 4 heteroatoms. The van der Waals surface area contributed by atoms with Gasteiger partial charge in [-0.15, -0.1) is 0 Å². The Morgan fingerprint density at radius 1 is 1.17 bits per heavy atom. The summed E-state index contributed by atoms with van der Waals surface area (Å²) in [6, 6.07) is 10.2. The molecule has 0 aliphatic heterocycles. The van der Waals surface area contributed by atoms with Crippen LogP contribution in [0, 0.1) is 0 Å². The Bertz CT molecular complexity index is 344. The van der Waals surface area contributed by atoms with Gasteiger partial charge >= 0.3 is 0 Å². The van der Waals surface area contributed by atoms with Gasteiger partial charge in [-0.1, -0.05) is 30.3 Å². The minimum Gasteiger partial charge on any atom is -0.382 e. The Morgan fingerprint density at radius 2 is 1.94 bits per heavy atom. The summed E-state index contributed by atoms with van der Waals surface area (Å²) in [4.78, 5) is 0. The second-order valence-corrected chi connectivity index (χ2v) is 4.56. The summed E-state index contributed by atoms with van der Waals surface area (Å²) in [6.07, 6.45) is 0.978. The number of hydrogen-bond acceptors (Lipinski definition) is 4. The fraction of sp³-hybridized carbons (Fsp3) is 0.571. The first-order valence-electron chi connectivity index (χ1n) is 6.33. The van der Waals surface area contributed by atoms with Gasteiger partial charge in [0, 0.05) is 13.2 Å². The van der Waals surface area contributed by atoms with Crippen molar-refractivity contribution in [2.45, 2.75) is 31.3 Å². The fourth-order valence-corrected chi connectivity index (χ4v) is 2.06. The summed E-state index contributed by atoms with van der Waals surface area (Å²) in [7, 11) is 1.66. The maximum absolute atomic E-state index is 5.92. The van der Waals surface area contributed by atoms with E-state index in [4.69, 9.17) is 19.9 Å². The van der Waals surface area contributed by atoms with Gasteiger partial charge in [-0.2, -0.15) is 0 Å². The van der Waals surface area contributed by atoms with Crippen molar-refractivity contribution in [3.63, 3.8) is 0 Å². The molecule has 2 N–H and O–H groups in total. The second-order valence-electron chi connectivity index (χ2n) is 4.56. The van der Waals surface area contributed by atoms with Crippen molar-refractivity contribution < 1.29 is 14.2 Å². The Balaban J connectivity index is 1.72. The van der Waals surface area contributed by atoms with E-state index in [1.807, 2.05) is 18.2 Å². The first-order chi connectivity index (χ1) is 8.81. The number of benzene rings is 1. The lowest BCUT2D eigenvalue weighted by Crippen LogP contribution is -2.58. The number of ether oxygens (including phenoxy) is 3. The molecule has 1 aromatic rings. The molecule has 18 heavy (non-hydrogen) atoms. The van der Waals surface area contributed by atoms with Gasteiger partial charge in [-0.3, -0.25) is 0 Å². The van der Waals surface area contributed by atoms with Crippen LogP contribution in [0.4, 0.5) is 0 Å². The Kier molecular flexibility index (Phi) is 5.13. The fourth-order valence-electron chi connectivity index (χ4n) is 2.06. The van der Waals surface area contributed by atoms with Crippen LogP contribution in [0.15, 0.2) is 30.3 Å². The highest BCUT2D eigenvalue weighted by atomic mass is 16.6. The third-order valence-electron chi connectivity index (χ3n) is 3.20. The third kappa shape index (κ3) is 3.53. The van der Waals surface area contributed by atoms with Gasteiger partial charge in [0.1, 0.15) is 0 Å². The molecular formula is C14H21NO3. The van der Waals surface area contributed by atoms with Gasteiger partial charge < -0.3 is 19.9 Å². The molecule has 3 unspecified atom stereocenters. The molecule has 0 heterocycles. The third-order valence-corrected chi connectivity index (χ3v) is 3.20. The van der Waals surface area contributed by atoms with Gasteiger partial charge in [0.15, 0.2) is 0 Å². The second kappa shape index (κ2) is 6.85. The molecule has 1 aliphatic rings. The minimum atomic E-state index is 0.00358. The summed E-state index contributed by atoms with van der Waals surface area (Å²) in [6.45, 7) is 1.77. The molecule has 0 saturated heterocycles. The molecule has 2 rings (SSSR count). The predicted molar refractivity (Wildman–Crippen MR) is 69.2 cm³/mol. The zero-order valence-corrected chi connectivity index (χ0v) is 10.7. The van der Waals surface area contributed by atoms with E-state index in [1.54, 1.807) is 7.11 Å². The molecule has 100 valence electrons. The molecule has 0 bridgehead atoms. The van der Waals surface area contributed by atoms with Crippen LogP contribution < -0.4 is 5.73 Å². The maximum atomic E-state index is 5.92. The Labute approximate surface area is 108 Å². The molecule has 0 spiro atoms. The number of rotatable bonds is 7. The van der Waals surface area contributed by atoms with Crippen molar-refractivity contribution in [3.05, 3.63) is 35.9 Å². The van der Waals surface area contributed by atoms with Crippen molar-refractivity contribution in [2.75, 3.05) is 20.3 Å². The van der Waals surface area contributed by atoms with Crippen molar-refractivity contribution >= 4 is 0 Å². The molecule has 1 aromatic carbocycles. The van der Waals surface area contributed by atoms with Gasteiger partial charge in [-0.25, -0.2) is 0 Å². The van der Waals surface area contributed by atoms with E-state index in [0.717, 1.165) is 6.42 Å². The molecule has 3 atom stereocenters. The van der Waals surface area contributed by atoms with Crippen molar-refractivity contribution in [2.24, 2.45) is 5.73 Å². The van der Waals surface area contributed by atoms with Crippen molar-refractivity contribution in [1.29, 1.82) is 0 Å².